The molecule has 0 fully saturated rings. The Bertz CT molecular complexity index is 447. The molecule has 3 nitrogen and oxygen atoms in total. The Labute approximate surface area is 130 Å². The molecule has 0 saturated carbocycles. The predicted molar refractivity (Wildman–Crippen MR) is 81.8 cm³/mol. The fourth-order valence-corrected chi connectivity index (χ4v) is 2.34. The minimum absolute atomic E-state index is 0.160. The van der Waals surface area contributed by atoms with Crippen LogP contribution in [0, 0.1) is 9.49 Å². The summed E-state index contributed by atoms with van der Waals surface area (Å²) in [5.41, 5.74) is 0.688. The zero-order valence-electron chi connectivity index (χ0n) is 11.8. The van der Waals surface area contributed by atoms with Crippen molar-refractivity contribution in [2.75, 3.05) is 11.9 Å². The second-order valence-corrected chi connectivity index (χ2v) is 6.14. The number of alkyl halides is 3. The number of nitrogens with zero attached hydrogens (tertiary/aromatic N) is 2. The lowest BCUT2D eigenvalue weighted by molar-refractivity contribution is -0.128. The van der Waals surface area contributed by atoms with Crippen LogP contribution in [0.1, 0.15) is 38.7 Å². The van der Waals surface area contributed by atoms with Gasteiger partial charge in [-0.3, -0.25) is 0 Å². The van der Waals surface area contributed by atoms with Gasteiger partial charge in [-0.25, -0.2) is 9.97 Å². The fourth-order valence-electron chi connectivity index (χ4n) is 1.69. The van der Waals surface area contributed by atoms with Gasteiger partial charge in [-0.1, -0.05) is 20.8 Å². The molecule has 0 saturated heterocycles. The Morgan fingerprint density at radius 3 is 2.40 bits per heavy atom. The van der Waals surface area contributed by atoms with Crippen LogP contribution in [0.2, 0.25) is 0 Å². The zero-order valence-corrected chi connectivity index (χ0v) is 14.0. The van der Waals surface area contributed by atoms with E-state index < -0.39 is 12.6 Å². The summed E-state index contributed by atoms with van der Waals surface area (Å²) in [4.78, 5) is 8.10. The molecule has 0 aromatic carbocycles. The van der Waals surface area contributed by atoms with Crippen molar-refractivity contribution >= 4 is 28.4 Å². The van der Waals surface area contributed by atoms with E-state index in [1.54, 1.807) is 0 Å². The number of rotatable bonds is 6. The second kappa shape index (κ2) is 7.42. The SMILES string of the molecule is CCCNc1nc(CC(F)(F)F)nc(CC(C)C)c1I. The van der Waals surface area contributed by atoms with Gasteiger partial charge in [0, 0.05) is 6.54 Å². The van der Waals surface area contributed by atoms with Gasteiger partial charge in [0.25, 0.3) is 0 Å². The molecular formula is C13H19F3IN3. The van der Waals surface area contributed by atoms with Crippen molar-refractivity contribution in [3.05, 3.63) is 15.1 Å². The van der Waals surface area contributed by atoms with E-state index in [0.29, 0.717) is 30.4 Å². The number of hydrogen-bond donors (Lipinski definition) is 1. The molecule has 1 aromatic heterocycles. The largest absolute Gasteiger partial charge is 0.396 e. The number of nitrogens with one attached hydrogen (secondary N) is 1. The summed E-state index contributed by atoms with van der Waals surface area (Å²) in [6.45, 7) is 6.70. The van der Waals surface area contributed by atoms with Crippen LogP contribution in [0.3, 0.4) is 0 Å². The Morgan fingerprint density at radius 2 is 1.90 bits per heavy atom. The summed E-state index contributed by atoms with van der Waals surface area (Å²) in [5.74, 6) is 0.681. The Kier molecular flexibility index (Phi) is 6.47. The van der Waals surface area contributed by atoms with Crippen molar-refractivity contribution in [2.45, 2.75) is 46.2 Å². The highest BCUT2D eigenvalue weighted by Crippen LogP contribution is 2.25. The molecule has 0 amide bonds. The van der Waals surface area contributed by atoms with Gasteiger partial charge in [0.15, 0.2) is 0 Å². The molecule has 0 spiro atoms. The van der Waals surface area contributed by atoms with Crippen LogP contribution in [-0.2, 0) is 12.8 Å². The van der Waals surface area contributed by atoms with E-state index in [-0.39, 0.29) is 5.82 Å². The molecule has 0 aliphatic carbocycles. The lowest BCUT2D eigenvalue weighted by Crippen LogP contribution is -2.18. The maximum absolute atomic E-state index is 12.5. The first-order chi connectivity index (χ1) is 9.23. The van der Waals surface area contributed by atoms with Crippen molar-refractivity contribution in [1.82, 2.24) is 9.97 Å². The molecule has 1 rings (SSSR count). The standard InChI is InChI=1S/C13H19F3IN3/c1-4-5-18-12-11(17)9(6-8(2)3)19-10(20-12)7-13(14,15)16/h8H,4-7H2,1-3H3,(H,18,19,20). The second-order valence-electron chi connectivity index (χ2n) is 5.07. The summed E-state index contributed by atoms with van der Waals surface area (Å²) in [7, 11) is 0. The van der Waals surface area contributed by atoms with Crippen molar-refractivity contribution in [3.8, 4) is 0 Å². The minimum atomic E-state index is -4.29. The van der Waals surface area contributed by atoms with E-state index in [1.165, 1.54) is 0 Å². The molecule has 1 heterocycles. The quantitative estimate of drug-likeness (QED) is 0.726. The van der Waals surface area contributed by atoms with E-state index >= 15 is 0 Å². The third kappa shape index (κ3) is 5.80. The predicted octanol–water partition coefficient (Wildman–Crippen LogP) is 4.21. The first-order valence-electron chi connectivity index (χ1n) is 6.58. The summed E-state index contributed by atoms with van der Waals surface area (Å²) >= 11 is 2.10. The monoisotopic (exact) mass is 401 g/mol. The lowest BCUT2D eigenvalue weighted by Gasteiger charge is -2.14. The Balaban J connectivity index is 3.11. The molecule has 114 valence electrons. The molecule has 1 N–H and O–H groups in total. The molecule has 0 aliphatic rings. The number of anilines is 1. The molecule has 0 bridgehead atoms. The highest BCUT2D eigenvalue weighted by atomic mass is 127. The third-order valence-electron chi connectivity index (χ3n) is 2.47. The van der Waals surface area contributed by atoms with Crippen molar-refractivity contribution in [3.63, 3.8) is 0 Å². The maximum atomic E-state index is 12.5. The van der Waals surface area contributed by atoms with E-state index in [0.717, 1.165) is 9.99 Å². The third-order valence-corrected chi connectivity index (χ3v) is 3.60. The molecule has 0 atom stereocenters. The summed E-state index contributed by atoms with van der Waals surface area (Å²) in [5, 5.41) is 3.08. The van der Waals surface area contributed by atoms with Gasteiger partial charge >= 0.3 is 6.18 Å². The molecule has 0 unspecified atom stereocenters. The smallest absolute Gasteiger partial charge is 0.369 e. The van der Waals surface area contributed by atoms with E-state index in [2.05, 4.69) is 37.9 Å². The zero-order chi connectivity index (χ0) is 15.3. The summed E-state index contributed by atoms with van der Waals surface area (Å²) in [6, 6.07) is 0. The average Bonchev–Trinajstić information content (AvgIpc) is 2.28. The summed E-state index contributed by atoms with van der Waals surface area (Å²) < 4.78 is 38.4. The van der Waals surface area contributed by atoms with Gasteiger partial charge < -0.3 is 5.32 Å². The van der Waals surface area contributed by atoms with Gasteiger partial charge in [-0.2, -0.15) is 13.2 Å². The topological polar surface area (TPSA) is 37.8 Å². The van der Waals surface area contributed by atoms with Crippen molar-refractivity contribution in [1.29, 1.82) is 0 Å². The van der Waals surface area contributed by atoms with Gasteiger partial charge in [-0.05, 0) is 41.4 Å². The van der Waals surface area contributed by atoms with Crippen molar-refractivity contribution in [2.24, 2.45) is 5.92 Å². The van der Waals surface area contributed by atoms with E-state index in [1.807, 2.05) is 20.8 Å². The van der Waals surface area contributed by atoms with Crippen molar-refractivity contribution < 1.29 is 13.2 Å². The van der Waals surface area contributed by atoms with Gasteiger partial charge in [0.1, 0.15) is 18.1 Å². The lowest BCUT2D eigenvalue weighted by atomic mass is 10.1. The van der Waals surface area contributed by atoms with Gasteiger partial charge in [0.05, 0.1) is 9.26 Å². The average molecular weight is 401 g/mol. The Morgan fingerprint density at radius 1 is 1.25 bits per heavy atom. The van der Waals surface area contributed by atoms with Crippen LogP contribution >= 0.6 is 22.6 Å². The molecule has 7 heteroatoms. The van der Waals surface area contributed by atoms with Crippen LogP contribution in [0.5, 0.6) is 0 Å². The minimum Gasteiger partial charge on any atom is -0.369 e. The molecule has 0 radical (unpaired) electrons. The van der Waals surface area contributed by atoms with E-state index in [9.17, 15) is 13.2 Å². The highest BCUT2D eigenvalue weighted by molar-refractivity contribution is 14.1. The summed E-state index contributed by atoms with van der Waals surface area (Å²) in [6.07, 6.45) is -3.85. The highest BCUT2D eigenvalue weighted by Gasteiger charge is 2.30. The van der Waals surface area contributed by atoms with Crippen LogP contribution in [-0.4, -0.2) is 22.7 Å². The number of halogens is 4. The normalized spacial score (nSPS) is 12.0. The number of hydrogen-bond acceptors (Lipinski definition) is 3. The van der Waals surface area contributed by atoms with E-state index in [4.69, 9.17) is 0 Å². The van der Waals surface area contributed by atoms with Crippen LogP contribution in [0.15, 0.2) is 0 Å². The van der Waals surface area contributed by atoms with Crippen LogP contribution < -0.4 is 5.32 Å². The van der Waals surface area contributed by atoms with Gasteiger partial charge in [0.2, 0.25) is 0 Å². The molecule has 1 aromatic rings. The first kappa shape index (κ1) is 17.5. The molecular weight excluding hydrogens is 382 g/mol. The first-order valence-corrected chi connectivity index (χ1v) is 7.66. The van der Waals surface area contributed by atoms with Crippen LogP contribution in [0.25, 0.3) is 0 Å². The Hall–Kier alpha value is -0.600. The molecule has 0 aliphatic heterocycles. The van der Waals surface area contributed by atoms with Crippen LogP contribution in [0.4, 0.5) is 19.0 Å². The van der Waals surface area contributed by atoms with Gasteiger partial charge in [-0.15, -0.1) is 0 Å². The fraction of sp³-hybridized carbons (Fsp3) is 0.692. The molecule has 20 heavy (non-hydrogen) atoms. The maximum Gasteiger partial charge on any atom is 0.396 e. The number of aromatic nitrogens is 2.